The van der Waals surface area contributed by atoms with E-state index in [9.17, 15) is 4.79 Å². The molecule has 2 aromatic rings. The van der Waals surface area contributed by atoms with Crippen LogP contribution in [0.5, 0.6) is 0 Å². The van der Waals surface area contributed by atoms with E-state index in [-0.39, 0.29) is 5.91 Å². The van der Waals surface area contributed by atoms with E-state index in [1.54, 1.807) is 0 Å². The molecule has 154 valence electrons. The van der Waals surface area contributed by atoms with Crippen molar-refractivity contribution in [2.45, 2.75) is 39.0 Å². The minimum atomic E-state index is -0.488. The Morgan fingerprint density at radius 2 is 1.83 bits per heavy atom. The molecule has 0 radical (unpaired) electrons. The lowest BCUT2D eigenvalue weighted by atomic mass is 10.0. The molecule has 7 nitrogen and oxygen atoms in total. The first kappa shape index (κ1) is 19.8. The molecule has 7 heteroatoms. The molecular formula is C22H28N4O3. The predicted molar refractivity (Wildman–Crippen MR) is 110 cm³/mol. The van der Waals surface area contributed by atoms with Crippen molar-refractivity contribution in [1.29, 1.82) is 0 Å². The Labute approximate surface area is 171 Å². The number of hydrogen-bond acceptors (Lipinski definition) is 6. The number of hydrogen-bond donors (Lipinski definition) is 0. The summed E-state index contributed by atoms with van der Waals surface area (Å²) in [4.78, 5) is 26.1. The second-order valence-electron chi connectivity index (χ2n) is 7.56. The van der Waals surface area contributed by atoms with Crippen LogP contribution in [0.15, 0.2) is 36.4 Å². The molecule has 1 spiro atoms. The number of benzene rings is 1. The van der Waals surface area contributed by atoms with E-state index in [4.69, 9.17) is 9.47 Å². The lowest BCUT2D eigenvalue weighted by Gasteiger charge is -2.37. The van der Waals surface area contributed by atoms with Gasteiger partial charge in [0.15, 0.2) is 5.79 Å². The molecule has 0 bridgehead atoms. The number of amides is 1. The van der Waals surface area contributed by atoms with Crippen molar-refractivity contribution in [2.24, 2.45) is 0 Å². The fourth-order valence-corrected chi connectivity index (χ4v) is 3.98. The highest BCUT2D eigenvalue weighted by molar-refractivity contribution is 5.93. The van der Waals surface area contributed by atoms with E-state index in [2.05, 4.69) is 33.9 Å². The highest BCUT2D eigenvalue weighted by Gasteiger charge is 2.41. The van der Waals surface area contributed by atoms with Gasteiger partial charge in [-0.3, -0.25) is 4.79 Å². The summed E-state index contributed by atoms with van der Waals surface area (Å²) in [5.41, 5.74) is 1.65. The number of carbonyl (C=O) groups excluding carboxylic acids is 1. The fourth-order valence-electron chi connectivity index (χ4n) is 3.98. The summed E-state index contributed by atoms with van der Waals surface area (Å²) in [5, 5.41) is 0. The third-order valence-corrected chi connectivity index (χ3v) is 5.59. The molecule has 0 unspecified atom stereocenters. The first-order chi connectivity index (χ1) is 14.1. The minimum absolute atomic E-state index is 0.0552. The molecule has 1 amide bonds. The van der Waals surface area contributed by atoms with E-state index < -0.39 is 5.79 Å². The van der Waals surface area contributed by atoms with Gasteiger partial charge < -0.3 is 19.3 Å². The third kappa shape index (κ3) is 4.41. The lowest BCUT2D eigenvalue weighted by molar-refractivity contribution is -0.181. The fraction of sp³-hybridized carbons (Fsp3) is 0.500. The minimum Gasteiger partial charge on any atom is -0.352 e. The molecule has 0 N–H and O–H groups in total. The van der Waals surface area contributed by atoms with Gasteiger partial charge in [0.2, 0.25) is 0 Å². The zero-order chi connectivity index (χ0) is 20.3. The van der Waals surface area contributed by atoms with Gasteiger partial charge in [-0.05, 0) is 19.4 Å². The highest BCUT2D eigenvalue weighted by Crippen LogP contribution is 2.31. The zero-order valence-electron chi connectivity index (χ0n) is 17.1. The van der Waals surface area contributed by atoms with Crippen molar-refractivity contribution in [2.75, 3.05) is 37.7 Å². The van der Waals surface area contributed by atoms with Crippen molar-refractivity contribution < 1.29 is 14.3 Å². The van der Waals surface area contributed by atoms with Crippen LogP contribution in [0.3, 0.4) is 0 Å². The molecule has 29 heavy (non-hydrogen) atoms. The van der Waals surface area contributed by atoms with Gasteiger partial charge in [-0.15, -0.1) is 0 Å². The second kappa shape index (κ2) is 8.47. The van der Waals surface area contributed by atoms with Crippen LogP contribution in [0, 0.1) is 6.92 Å². The Bertz CT molecular complexity index is 842. The molecule has 4 rings (SSSR count). The monoisotopic (exact) mass is 396 g/mol. The van der Waals surface area contributed by atoms with Crippen LogP contribution in [0.1, 0.15) is 41.6 Å². The van der Waals surface area contributed by atoms with Crippen LogP contribution < -0.4 is 4.90 Å². The molecule has 2 aliphatic heterocycles. The number of ether oxygens (including phenoxy) is 2. The number of piperidine rings is 1. The van der Waals surface area contributed by atoms with Crippen LogP contribution >= 0.6 is 0 Å². The standard InChI is InChI=1S/C22H28N4O3/c1-3-25(16-18-7-5-4-6-8-18)20-15-19(23-17(2)24-20)21(27)26-11-9-22(10-12-26)28-13-14-29-22/h4-8,15H,3,9-14,16H2,1-2H3. The van der Waals surface area contributed by atoms with E-state index in [0.29, 0.717) is 50.7 Å². The number of aromatic nitrogens is 2. The molecule has 3 heterocycles. The summed E-state index contributed by atoms with van der Waals surface area (Å²) in [6, 6.07) is 12.1. The maximum absolute atomic E-state index is 13.1. The number of nitrogens with zero attached hydrogens (tertiary/aromatic N) is 4. The lowest BCUT2D eigenvalue weighted by Crippen LogP contribution is -2.47. The number of aryl methyl sites for hydroxylation is 1. The van der Waals surface area contributed by atoms with Crippen molar-refractivity contribution in [3.63, 3.8) is 0 Å². The van der Waals surface area contributed by atoms with Crippen molar-refractivity contribution in [1.82, 2.24) is 14.9 Å². The molecule has 1 aromatic heterocycles. The Kier molecular flexibility index (Phi) is 5.78. The molecule has 1 aromatic carbocycles. The van der Waals surface area contributed by atoms with Gasteiger partial charge in [-0.2, -0.15) is 0 Å². The Hall–Kier alpha value is -2.51. The Balaban J connectivity index is 1.49. The predicted octanol–water partition coefficient (Wildman–Crippen LogP) is 2.79. The van der Waals surface area contributed by atoms with Gasteiger partial charge in [0.05, 0.1) is 13.2 Å². The van der Waals surface area contributed by atoms with E-state index in [1.807, 2.05) is 36.1 Å². The topological polar surface area (TPSA) is 67.8 Å². The van der Waals surface area contributed by atoms with Crippen LogP contribution in [0.4, 0.5) is 5.82 Å². The van der Waals surface area contributed by atoms with Crippen LogP contribution in [-0.4, -0.2) is 59.4 Å². The smallest absolute Gasteiger partial charge is 0.272 e. The van der Waals surface area contributed by atoms with Crippen molar-refractivity contribution >= 4 is 11.7 Å². The first-order valence-corrected chi connectivity index (χ1v) is 10.3. The quantitative estimate of drug-likeness (QED) is 0.774. The normalized spacial score (nSPS) is 18.2. The van der Waals surface area contributed by atoms with Crippen LogP contribution in [-0.2, 0) is 16.0 Å². The van der Waals surface area contributed by atoms with Gasteiger partial charge in [-0.25, -0.2) is 9.97 Å². The average Bonchev–Trinajstić information content (AvgIpc) is 3.20. The van der Waals surface area contributed by atoms with Crippen molar-refractivity contribution in [3.8, 4) is 0 Å². The maximum Gasteiger partial charge on any atom is 0.272 e. The zero-order valence-corrected chi connectivity index (χ0v) is 17.1. The molecule has 0 saturated carbocycles. The summed E-state index contributed by atoms with van der Waals surface area (Å²) in [7, 11) is 0. The van der Waals surface area contributed by atoms with Gasteiger partial charge in [-0.1, -0.05) is 30.3 Å². The van der Waals surface area contributed by atoms with Gasteiger partial charge in [0.25, 0.3) is 5.91 Å². The van der Waals surface area contributed by atoms with Crippen LogP contribution in [0.25, 0.3) is 0 Å². The molecule has 0 atom stereocenters. The Morgan fingerprint density at radius 3 is 2.48 bits per heavy atom. The van der Waals surface area contributed by atoms with E-state index in [1.165, 1.54) is 5.56 Å². The summed E-state index contributed by atoms with van der Waals surface area (Å²) in [6.07, 6.45) is 1.40. The summed E-state index contributed by atoms with van der Waals surface area (Å²) in [6.45, 7) is 7.95. The average molecular weight is 396 g/mol. The number of carbonyl (C=O) groups is 1. The van der Waals surface area contributed by atoms with E-state index in [0.717, 1.165) is 18.9 Å². The summed E-state index contributed by atoms with van der Waals surface area (Å²) in [5.74, 6) is 0.842. The summed E-state index contributed by atoms with van der Waals surface area (Å²) >= 11 is 0. The SMILES string of the molecule is CCN(Cc1ccccc1)c1cc(C(=O)N2CCC3(CC2)OCCO3)nc(C)n1. The summed E-state index contributed by atoms with van der Waals surface area (Å²) < 4.78 is 11.5. The van der Waals surface area contributed by atoms with Gasteiger partial charge in [0.1, 0.15) is 17.3 Å². The van der Waals surface area contributed by atoms with E-state index >= 15 is 0 Å². The first-order valence-electron chi connectivity index (χ1n) is 10.3. The third-order valence-electron chi connectivity index (χ3n) is 5.59. The second-order valence-corrected chi connectivity index (χ2v) is 7.56. The largest absolute Gasteiger partial charge is 0.352 e. The van der Waals surface area contributed by atoms with Crippen molar-refractivity contribution in [3.05, 3.63) is 53.5 Å². The van der Waals surface area contributed by atoms with Gasteiger partial charge >= 0.3 is 0 Å². The maximum atomic E-state index is 13.1. The highest BCUT2D eigenvalue weighted by atomic mass is 16.7. The van der Waals surface area contributed by atoms with Crippen LogP contribution in [0.2, 0.25) is 0 Å². The molecule has 2 saturated heterocycles. The van der Waals surface area contributed by atoms with Gasteiger partial charge in [0, 0.05) is 45.1 Å². The Morgan fingerprint density at radius 1 is 1.14 bits per heavy atom. The molecular weight excluding hydrogens is 368 g/mol. The molecule has 2 aliphatic rings. The molecule has 0 aliphatic carbocycles. The molecule has 2 fully saturated rings. The number of likely N-dealkylation sites (tertiary alicyclic amines) is 1. The number of rotatable bonds is 5. The number of anilines is 1.